The minimum atomic E-state index is -1.30. The Morgan fingerprint density at radius 2 is 1.82 bits per heavy atom. The highest BCUT2D eigenvalue weighted by atomic mass is 16.5. The summed E-state index contributed by atoms with van der Waals surface area (Å²) < 4.78 is 0. The monoisotopic (exact) mass is 159 g/mol. The number of hydrogen-bond acceptors (Lipinski definition) is 4. The molecule has 1 unspecified atom stereocenters. The third kappa shape index (κ3) is 7.26. The second kappa shape index (κ2) is 6.10. The van der Waals surface area contributed by atoms with E-state index in [1.165, 1.54) is 0 Å². The van der Waals surface area contributed by atoms with Crippen molar-refractivity contribution in [3.63, 3.8) is 0 Å². The number of nitrogens with zero attached hydrogens (tertiary/aromatic N) is 1. The normalized spacial score (nSPS) is 13.0. The van der Waals surface area contributed by atoms with Crippen LogP contribution in [0.15, 0.2) is 0 Å². The van der Waals surface area contributed by atoms with E-state index in [0.29, 0.717) is 12.8 Å². The van der Waals surface area contributed by atoms with E-state index in [2.05, 4.69) is 0 Å². The Morgan fingerprint density at radius 1 is 1.18 bits per heavy atom. The molecule has 64 valence electrons. The molecule has 11 heavy (non-hydrogen) atoms. The molecule has 0 radical (unpaired) electrons. The molecule has 0 rings (SSSR count). The Balaban J connectivity index is 3.18. The van der Waals surface area contributed by atoms with Crippen molar-refractivity contribution >= 4 is 0 Å². The summed E-state index contributed by atoms with van der Waals surface area (Å²) in [5.74, 6) is 0. The summed E-state index contributed by atoms with van der Waals surface area (Å²) >= 11 is 0. The van der Waals surface area contributed by atoms with Crippen LogP contribution >= 0.6 is 0 Å². The summed E-state index contributed by atoms with van der Waals surface area (Å²) in [6.45, 7) is 0. The third-order valence-electron chi connectivity index (χ3n) is 1.33. The van der Waals surface area contributed by atoms with Gasteiger partial charge in [-0.15, -0.1) is 0 Å². The number of nitriles is 1. The van der Waals surface area contributed by atoms with Gasteiger partial charge in [-0.2, -0.15) is 5.26 Å². The molecule has 0 heterocycles. The molecule has 0 amide bonds. The van der Waals surface area contributed by atoms with Gasteiger partial charge in [-0.3, -0.25) is 0 Å². The first-order chi connectivity index (χ1) is 5.16. The Morgan fingerprint density at radius 3 is 2.27 bits per heavy atom. The van der Waals surface area contributed by atoms with Crippen LogP contribution in [0.2, 0.25) is 0 Å². The Labute approximate surface area is 65.7 Å². The van der Waals surface area contributed by atoms with E-state index in [1.807, 2.05) is 6.07 Å². The van der Waals surface area contributed by atoms with Gasteiger partial charge in [-0.25, -0.2) is 0 Å². The Bertz CT molecular complexity index is 130. The highest BCUT2D eigenvalue weighted by molar-refractivity contribution is 4.74. The van der Waals surface area contributed by atoms with Crippen LogP contribution in [-0.2, 0) is 0 Å². The van der Waals surface area contributed by atoms with Crippen molar-refractivity contribution in [3.8, 4) is 6.07 Å². The van der Waals surface area contributed by atoms with Crippen molar-refractivity contribution < 1.29 is 15.3 Å². The van der Waals surface area contributed by atoms with E-state index in [-0.39, 0.29) is 12.8 Å². The molecule has 0 aromatic rings. The van der Waals surface area contributed by atoms with E-state index in [4.69, 9.17) is 20.6 Å². The maximum absolute atomic E-state index is 8.98. The Hall–Kier alpha value is -0.630. The lowest BCUT2D eigenvalue weighted by Crippen LogP contribution is -2.08. The van der Waals surface area contributed by atoms with Gasteiger partial charge in [0.1, 0.15) is 0 Å². The highest BCUT2D eigenvalue weighted by Gasteiger charge is 2.04. The molecule has 0 fully saturated rings. The first-order valence-corrected chi connectivity index (χ1v) is 3.58. The van der Waals surface area contributed by atoms with Crippen molar-refractivity contribution in [1.29, 1.82) is 5.26 Å². The molecule has 0 aliphatic heterocycles. The highest BCUT2D eigenvalue weighted by Crippen LogP contribution is 2.04. The molecule has 3 N–H and O–H groups in total. The van der Waals surface area contributed by atoms with Gasteiger partial charge >= 0.3 is 0 Å². The lowest BCUT2D eigenvalue weighted by molar-refractivity contribution is -0.0479. The standard InChI is InChI=1S/C7H13NO3/c8-5-4-6(9)2-1-3-7(10)11/h6-7,9-11H,1-4H2. The van der Waals surface area contributed by atoms with Gasteiger partial charge in [-0.05, 0) is 19.3 Å². The zero-order valence-electron chi connectivity index (χ0n) is 6.27. The zero-order valence-corrected chi connectivity index (χ0v) is 6.27. The van der Waals surface area contributed by atoms with E-state index >= 15 is 0 Å². The van der Waals surface area contributed by atoms with Crippen LogP contribution < -0.4 is 0 Å². The first kappa shape index (κ1) is 10.4. The number of rotatable bonds is 5. The van der Waals surface area contributed by atoms with Crippen molar-refractivity contribution in [2.75, 3.05) is 0 Å². The van der Waals surface area contributed by atoms with Gasteiger partial charge < -0.3 is 15.3 Å². The van der Waals surface area contributed by atoms with Crippen LogP contribution in [0.3, 0.4) is 0 Å². The second-order valence-corrected chi connectivity index (χ2v) is 2.43. The van der Waals surface area contributed by atoms with E-state index in [1.54, 1.807) is 0 Å². The summed E-state index contributed by atoms with van der Waals surface area (Å²) in [6, 6.07) is 1.83. The number of aliphatic hydroxyl groups excluding tert-OH is 2. The zero-order chi connectivity index (χ0) is 8.69. The summed E-state index contributed by atoms with van der Waals surface area (Å²) in [7, 11) is 0. The van der Waals surface area contributed by atoms with Gasteiger partial charge in [0.15, 0.2) is 6.29 Å². The van der Waals surface area contributed by atoms with Crippen molar-refractivity contribution in [2.24, 2.45) is 0 Å². The van der Waals surface area contributed by atoms with Crippen molar-refractivity contribution in [3.05, 3.63) is 0 Å². The largest absolute Gasteiger partial charge is 0.392 e. The van der Waals surface area contributed by atoms with Crippen LogP contribution in [0.5, 0.6) is 0 Å². The Kier molecular flexibility index (Phi) is 5.75. The van der Waals surface area contributed by atoms with E-state index in [0.717, 1.165) is 0 Å². The average molecular weight is 159 g/mol. The smallest absolute Gasteiger partial charge is 0.151 e. The fourth-order valence-corrected chi connectivity index (χ4v) is 0.743. The summed E-state index contributed by atoms with van der Waals surface area (Å²) in [6.07, 6.45) is -0.585. The molecule has 0 saturated carbocycles. The number of aliphatic hydroxyl groups is 3. The first-order valence-electron chi connectivity index (χ1n) is 3.58. The minimum Gasteiger partial charge on any atom is -0.392 e. The molecular formula is C7H13NO3. The predicted octanol–water partition coefficient (Wildman–Crippen LogP) is -0.258. The summed E-state index contributed by atoms with van der Waals surface area (Å²) in [5, 5.41) is 33.9. The third-order valence-corrected chi connectivity index (χ3v) is 1.33. The van der Waals surface area contributed by atoms with Gasteiger partial charge in [0.05, 0.1) is 18.6 Å². The summed E-state index contributed by atoms with van der Waals surface area (Å²) in [5.41, 5.74) is 0. The minimum absolute atomic E-state index is 0.113. The molecular weight excluding hydrogens is 146 g/mol. The second-order valence-electron chi connectivity index (χ2n) is 2.43. The maximum Gasteiger partial charge on any atom is 0.151 e. The molecule has 0 bridgehead atoms. The van der Waals surface area contributed by atoms with Crippen molar-refractivity contribution in [1.82, 2.24) is 0 Å². The lowest BCUT2D eigenvalue weighted by atomic mass is 10.1. The van der Waals surface area contributed by atoms with E-state index < -0.39 is 12.4 Å². The SMILES string of the molecule is N#CCC(O)CCCC(O)O. The average Bonchev–Trinajstić information content (AvgIpc) is 1.87. The van der Waals surface area contributed by atoms with Crippen LogP contribution in [-0.4, -0.2) is 27.7 Å². The maximum atomic E-state index is 8.98. The molecule has 0 spiro atoms. The molecule has 4 heteroatoms. The van der Waals surface area contributed by atoms with Gasteiger partial charge in [0, 0.05) is 0 Å². The van der Waals surface area contributed by atoms with Gasteiger partial charge in [0.25, 0.3) is 0 Å². The van der Waals surface area contributed by atoms with E-state index in [9.17, 15) is 0 Å². The van der Waals surface area contributed by atoms with Gasteiger partial charge in [0.2, 0.25) is 0 Å². The van der Waals surface area contributed by atoms with Crippen LogP contribution in [0, 0.1) is 11.3 Å². The number of hydrogen-bond donors (Lipinski definition) is 3. The molecule has 1 atom stereocenters. The van der Waals surface area contributed by atoms with Crippen LogP contribution in [0.4, 0.5) is 0 Å². The van der Waals surface area contributed by atoms with Crippen LogP contribution in [0.25, 0.3) is 0 Å². The topological polar surface area (TPSA) is 84.5 Å². The molecule has 4 nitrogen and oxygen atoms in total. The lowest BCUT2D eigenvalue weighted by Gasteiger charge is -2.06. The molecule has 0 aliphatic carbocycles. The van der Waals surface area contributed by atoms with Crippen LogP contribution in [0.1, 0.15) is 25.7 Å². The predicted molar refractivity (Wildman–Crippen MR) is 38.3 cm³/mol. The van der Waals surface area contributed by atoms with Gasteiger partial charge in [-0.1, -0.05) is 0 Å². The quantitative estimate of drug-likeness (QED) is 0.482. The fourth-order valence-electron chi connectivity index (χ4n) is 0.743. The molecule has 0 saturated heterocycles. The van der Waals surface area contributed by atoms with Crippen molar-refractivity contribution in [2.45, 2.75) is 38.1 Å². The molecule has 0 aromatic carbocycles. The fraction of sp³-hybridized carbons (Fsp3) is 0.857. The summed E-state index contributed by atoms with van der Waals surface area (Å²) in [4.78, 5) is 0. The molecule has 0 aromatic heterocycles. The molecule has 0 aliphatic rings.